The number of aliphatic hydroxyl groups is 1. The van der Waals surface area contributed by atoms with Gasteiger partial charge in [0.15, 0.2) is 31.1 Å². The lowest BCUT2D eigenvalue weighted by Crippen LogP contribution is -2.54. The molecule has 2 radical (unpaired) electrons. The Kier molecular flexibility index (Phi) is 5.44. The molecule has 5 aliphatic rings. The number of hydrogen-bond acceptors (Lipinski definition) is 5. The van der Waals surface area contributed by atoms with Crippen molar-refractivity contribution in [2.45, 2.75) is 57.0 Å². The van der Waals surface area contributed by atoms with Crippen LogP contribution in [0.1, 0.15) is 61.9 Å². The van der Waals surface area contributed by atoms with E-state index in [2.05, 4.69) is 5.10 Å². The second-order valence-corrected chi connectivity index (χ2v) is 11.0. The summed E-state index contributed by atoms with van der Waals surface area (Å²) < 4.78 is 16.9. The van der Waals surface area contributed by atoms with Crippen molar-refractivity contribution < 1.29 is 14.3 Å². The topological polar surface area (TPSA) is 61.6 Å². The summed E-state index contributed by atoms with van der Waals surface area (Å²) in [5.74, 6) is 1.81. The van der Waals surface area contributed by atoms with Gasteiger partial charge in [-0.05, 0) is 87.6 Å². The van der Waals surface area contributed by atoms with Gasteiger partial charge < -0.3 is 14.8 Å². The smallest absolute Gasteiger partial charge is 0.196 e. The number of nitrogens with zero attached hydrogens (tertiary/aromatic N) is 4. The third-order valence-corrected chi connectivity index (χ3v) is 8.62. The summed E-state index contributed by atoms with van der Waals surface area (Å²) in [6.45, 7) is 2.44. The highest BCUT2D eigenvalue weighted by atomic mass is 19.1. The van der Waals surface area contributed by atoms with Gasteiger partial charge in [-0.1, -0.05) is 0 Å². The molecule has 1 aromatic rings. The summed E-state index contributed by atoms with van der Waals surface area (Å²) in [7, 11) is 9.44. The first-order valence-electron chi connectivity index (χ1n) is 11.9. The molecule has 4 bridgehead atoms. The fourth-order valence-corrected chi connectivity index (χ4v) is 7.42. The van der Waals surface area contributed by atoms with Crippen molar-refractivity contribution >= 4 is 19.6 Å². The molecule has 168 valence electrons. The molecule has 1 N–H and O–H groups in total. The van der Waals surface area contributed by atoms with Gasteiger partial charge in [-0.25, -0.2) is 9.07 Å². The SMILES string of the molecule is [B]N1CCC(CN(C)c2c(F)c(C(=O)CC3C4CC5CC3CC(O)(C5)C4)nn2C)CC1. The molecule has 8 heteroatoms. The Hall–Kier alpha value is -1.41. The lowest BCUT2D eigenvalue weighted by atomic mass is 9.49. The molecule has 1 aromatic heterocycles. The van der Waals surface area contributed by atoms with E-state index in [1.165, 1.54) is 4.68 Å². The van der Waals surface area contributed by atoms with Crippen molar-refractivity contribution in [3.05, 3.63) is 11.5 Å². The monoisotopic (exact) mass is 428 g/mol. The van der Waals surface area contributed by atoms with Gasteiger partial charge >= 0.3 is 0 Å². The van der Waals surface area contributed by atoms with Gasteiger partial charge in [0.2, 0.25) is 0 Å². The van der Waals surface area contributed by atoms with E-state index in [-0.39, 0.29) is 17.4 Å². The number of carbonyl (C=O) groups excluding carboxylic acids is 1. The molecular weight excluding hydrogens is 394 g/mol. The molecule has 2 atom stereocenters. The third kappa shape index (κ3) is 3.95. The molecule has 2 unspecified atom stereocenters. The molecule has 6 rings (SSSR count). The third-order valence-electron chi connectivity index (χ3n) is 8.62. The van der Waals surface area contributed by atoms with Crippen molar-refractivity contribution in [1.29, 1.82) is 0 Å². The second-order valence-electron chi connectivity index (χ2n) is 11.0. The van der Waals surface area contributed by atoms with Crippen LogP contribution in [-0.4, -0.2) is 65.7 Å². The maximum absolute atomic E-state index is 15.4. The molecular formula is C23H34BFN4O2. The lowest BCUT2D eigenvalue weighted by molar-refractivity contribution is -0.151. The van der Waals surface area contributed by atoms with Gasteiger partial charge in [-0.2, -0.15) is 5.10 Å². The summed E-state index contributed by atoms with van der Waals surface area (Å²) in [5, 5.41) is 15.1. The Morgan fingerprint density at radius 1 is 1.26 bits per heavy atom. The van der Waals surface area contributed by atoms with Crippen LogP contribution in [0.25, 0.3) is 0 Å². The van der Waals surface area contributed by atoms with Gasteiger partial charge in [0, 0.05) is 27.1 Å². The number of hydrogen-bond donors (Lipinski definition) is 1. The molecule has 2 heterocycles. The van der Waals surface area contributed by atoms with Crippen LogP contribution in [0.5, 0.6) is 0 Å². The number of Topliss-reactive ketones (excluding diaryl/α,β-unsaturated/α-hetero) is 1. The van der Waals surface area contributed by atoms with E-state index in [0.29, 0.717) is 35.9 Å². The van der Waals surface area contributed by atoms with E-state index in [0.717, 1.165) is 64.6 Å². The van der Waals surface area contributed by atoms with Gasteiger partial charge in [-0.15, -0.1) is 0 Å². The van der Waals surface area contributed by atoms with Crippen LogP contribution in [0.2, 0.25) is 0 Å². The molecule has 4 saturated carbocycles. The number of anilines is 1. The van der Waals surface area contributed by atoms with Crippen molar-refractivity contribution in [3.8, 4) is 0 Å². The zero-order valence-electron chi connectivity index (χ0n) is 18.8. The number of ketones is 1. The van der Waals surface area contributed by atoms with E-state index in [4.69, 9.17) is 7.98 Å². The van der Waals surface area contributed by atoms with E-state index >= 15 is 4.39 Å². The lowest BCUT2D eigenvalue weighted by Gasteiger charge is -2.58. The standard InChI is InChI=1S/C23H34BFN4O2/c1-27(13-14-3-5-29(24)6-4-14)22-20(25)21(26-28(22)2)19(30)9-18-16-7-15-8-17(18)12-23(31,10-15)11-16/h14-18,31H,3-13H2,1-2H3. The van der Waals surface area contributed by atoms with Crippen molar-refractivity contribution in [2.75, 3.05) is 31.6 Å². The van der Waals surface area contributed by atoms with E-state index in [9.17, 15) is 9.90 Å². The predicted octanol–water partition coefficient (Wildman–Crippen LogP) is 2.55. The van der Waals surface area contributed by atoms with Crippen LogP contribution in [0.15, 0.2) is 0 Å². The van der Waals surface area contributed by atoms with Crippen LogP contribution >= 0.6 is 0 Å². The number of carbonyl (C=O) groups is 1. The first kappa shape index (κ1) is 21.4. The average molecular weight is 428 g/mol. The van der Waals surface area contributed by atoms with Gasteiger partial charge in [-0.3, -0.25) is 4.79 Å². The van der Waals surface area contributed by atoms with Crippen LogP contribution in [0.3, 0.4) is 0 Å². The first-order chi connectivity index (χ1) is 14.7. The first-order valence-corrected chi connectivity index (χ1v) is 11.9. The van der Waals surface area contributed by atoms with Crippen molar-refractivity contribution in [2.24, 2.45) is 36.6 Å². The van der Waals surface area contributed by atoms with Crippen LogP contribution in [0.4, 0.5) is 10.2 Å². The Balaban J connectivity index is 1.27. The van der Waals surface area contributed by atoms with E-state index in [1.807, 2.05) is 16.8 Å². The largest absolute Gasteiger partial charge is 0.390 e. The van der Waals surface area contributed by atoms with E-state index in [1.54, 1.807) is 7.05 Å². The minimum atomic E-state index is -0.512. The normalized spacial score (nSPS) is 35.6. The van der Waals surface area contributed by atoms with Crippen LogP contribution in [0, 0.1) is 35.4 Å². The molecule has 4 aliphatic carbocycles. The molecule has 1 aliphatic heterocycles. The van der Waals surface area contributed by atoms with Crippen LogP contribution in [-0.2, 0) is 7.05 Å². The minimum Gasteiger partial charge on any atom is -0.390 e. The highest BCUT2D eigenvalue weighted by Crippen LogP contribution is 2.59. The summed E-state index contributed by atoms with van der Waals surface area (Å²) >= 11 is 0. The Morgan fingerprint density at radius 3 is 2.52 bits per heavy atom. The summed E-state index contributed by atoms with van der Waals surface area (Å²) in [4.78, 5) is 16.9. The van der Waals surface area contributed by atoms with Gasteiger partial charge in [0.25, 0.3) is 0 Å². The maximum Gasteiger partial charge on any atom is 0.196 e. The number of aromatic nitrogens is 2. The number of aryl methyl sites for hydroxylation is 1. The molecule has 31 heavy (non-hydrogen) atoms. The molecule has 1 saturated heterocycles. The summed E-state index contributed by atoms with van der Waals surface area (Å²) in [6, 6.07) is 0. The summed E-state index contributed by atoms with van der Waals surface area (Å²) in [6.07, 6.45) is 7.08. The molecule has 6 nitrogen and oxygen atoms in total. The molecule has 0 spiro atoms. The highest BCUT2D eigenvalue weighted by Gasteiger charge is 2.55. The summed E-state index contributed by atoms with van der Waals surface area (Å²) in [5.41, 5.74) is -0.531. The maximum atomic E-state index is 15.4. The highest BCUT2D eigenvalue weighted by molar-refractivity contribution is 6.04. The zero-order chi connectivity index (χ0) is 21.9. The van der Waals surface area contributed by atoms with Crippen LogP contribution < -0.4 is 4.90 Å². The van der Waals surface area contributed by atoms with Crippen molar-refractivity contribution in [3.63, 3.8) is 0 Å². The van der Waals surface area contributed by atoms with Gasteiger partial charge in [0.1, 0.15) is 0 Å². The van der Waals surface area contributed by atoms with Gasteiger partial charge in [0.05, 0.1) is 5.60 Å². The Bertz CT molecular complexity index is 837. The Morgan fingerprint density at radius 2 is 1.90 bits per heavy atom. The molecule has 0 aromatic carbocycles. The fourth-order valence-electron chi connectivity index (χ4n) is 7.42. The fraction of sp³-hybridized carbons (Fsp3) is 0.826. The molecule has 0 amide bonds. The molecule has 5 fully saturated rings. The van der Waals surface area contributed by atoms with Crippen molar-refractivity contribution in [1.82, 2.24) is 14.6 Å². The number of rotatable bonds is 6. The second kappa shape index (κ2) is 7.87. The van der Waals surface area contributed by atoms with E-state index < -0.39 is 11.4 Å². The Labute approximate surface area is 185 Å². The predicted molar refractivity (Wildman–Crippen MR) is 117 cm³/mol. The number of piperidine rings is 1. The minimum absolute atomic E-state index is 0.0198. The number of halogens is 1. The average Bonchev–Trinajstić information content (AvgIpc) is 2.99. The quantitative estimate of drug-likeness (QED) is 0.558. The zero-order valence-corrected chi connectivity index (χ0v) is 18.8.